The second-order valence-corrected chi connectivity index (χ2v) is 12.7. The molecule has 2 aromatic heterocycles. The van der Waals surface area contributed by atoms with Crippen LogP contribution < -0.4 is 0 Å². The summed E-state index contributed by atoms with van der Waals surface area (Å²) in [4.78, 5) is 3.65. The highest BCUT2D eigenvalue weighted by Gasteiger charge is 2.37. The van der Waals surface area contributed by atoms with Gasteiger partial charge in [-0.25, -0.2) is 10.0 Å². The van der Waals surface area contributed by atoms with Crippen molar-refractivity contribution in [2.75, 3.05) is 26.2 Å². The Balaban J connectivity index is 1.22. The van der Waals surface area contributed by atoms with Gasteiger partial charge in [-0.2, -0.15) is 9.59 Å². The number of piperidine rings is 2. The summed E-state index contributed by atoms with van der Waals surface area (Å²) < 4.78 is 0. The third kappa shape index (κ3) is 6.15. The number of hydrazine groups is 1. The zero-order valence-corrected chi connectivity index (χ0v) is 25.4. The summed E-state index contributed by atoms with van der Waals surface area (Å²) in [5.41, 5.74) is 5.21. The van der Waals surface area contributed by atoms with E-state index in [1.54, 1.807) is 12.7 Å². The second-order valence-electron chi connectivity index (χ2n) is 12.7. The molecule has 10 heteroatoms. The van der Waals surface area contributed by atoms with Crippen LogP contribution in [0.4, 0.5) is 0 Å². The van der Waals surface area contributed by atoms with Crippen molar-refractivity contribution in [3.8, 4) is 0 Å². The maximum atomic E-state index is 4.52. The molecule has 0 bridgehead atoms. The van der Waals surface area contributed by atoms with Gasteiger partial charge < -0.3 is 0 Å². The van der Waals surface area contributed by atoms with Gasteiger partial charge in [0.05, 0.1) is 0 Å². The van der Waals surface area contributed by atoms with Gasteiger partial charge in [-0.05, 0) is 70.2 Å². The van der Waals surface area contributed by atoms with Crippen LogP contribution >= 0.6 is 0 Å². The highest BCUT2D eigenvalue weighted by Crippen LogP contribution is 2.37. The molecule has 2 aliphatic heterocycles. The number of benzene rings is 2. The molecular weight excluding hydrogens is 524 g/mol. The zero-order chi connectivity index (χ0) is 29.1. The molecule has 0 spiro atoms. The standard InChI is InChI=1S/C32H44N10/c1-23(2)25-9-13-27(14-10-25)31(41-35-21-33-37-41)29-7-5-17-39(19-29)40-18-6-8-30(20-40)32(42-36-22-34-38-42)28-15-11-26(12-16-28)24(3)4/h9-16,21-24,29-32H,5-8,17-20H2,1-4H3/t29-,30+,31?,32?. The van der Waals surface area contributed by atoms with Crippen molar-refractivity contribution in [2.45, 2.75) is 77.3 Å². The molecule has 4 aromatic rings. The molecule has 0 saturated carbocycles. The van der Waals surface area contributed by atoms with Gasteiger partial charge >= 0.3 is 0 Å². The Morgan fingerprint density at radius 3 is 1.29 bits per heavy atom. The molecule has 0 aliphatic carbocycles. The molecular formula is C32H44N10. The number of hydrogen-bond acceptors (Lipinski definition) is 8. The lowest BCUT2D eigenvalue weighted by molar-refractivity contribution is -0.0888. The fourth-order valence-corrected chi connectivity index (χ4v) is 6.96. The molecule has 0 radical (unpaired) electrons. The van der Waals surface area contributed by atoms with Crippen molar-refractivity contribution >= 4 is 0 Å². The van der Waals surface area contributed by atoms with Crippen molar-refractivity contribution in [1.29, 1.82) is 0 Å². The lowest BCUT2D eigenvalue weighted by Gasteiger charge is -2.46. The molecule has 2 saturated heterocycles. The molecule has 2 aromatic carbocycles. The van der Waals surface area contributed by atoms with Crippen LogP contribution in [-0.2, 0) is 0 Å². The highest BCUT2D eigenvalue weighted by molar-refractivity contribution is 5.29. The number of nitrogens with zero attached hydrogens (tertiary/aromatic N) is 10. The Hall–Kier alpha value is -3.50. The van der Waals surface area contributed by atoms with Crippen LogP contribution in [0.15, 0.2) is 61.2 Å². The highest BCUT2D eigenvalue weighted by atomic mass is 15.6. The van der Waals surface area contributed by atoms with Crippen LogP contribution in [0.2, 0.25) is 0 Å². The van der Waals surface area contributed by atoms with Crippen LogP contribution in [0.5, 0.6) is 0 Å². The van der Waals surface area contributed by atoms with E-state index in [0.717, 1.165) is 51.9 Å². The van der Waals surface area contributed by atoms with Crippen molar-refractivity contribution in [1.82, 2.24) is 50.4 Å². The van der Waals surface area contributed by atoms with E-state index >= 15 is 0 Å². The largest absolute Gasteiger partial charge is 0.241 e. The second kappa shape index (κ2) is 12.8. The number of tetrazole rings is 2. The van der Waals surface area contributed by atoms with Crippen molar-refractivity contribution in [3.63, 3.8) is 0 Å². The monoisotopic (exact) mass is 568 g/mol. The minimum absolute atomic E-state index is 0.0590. The van der Waals surface area contributed by atoms with Gasteiger partial charge in [-0.1, -0.05) is 76.2 Å². The molecule has 2 unspecified atom stereocenters. The molecule has 2 fully saturated rings. The van der Waals surface area contributed by atoms with E-state index in [2.05, 4.69) is 117 Å². The summed E-state index contributed by atoms with van der Waals surface area (Å²) in [6.45, 7) is 13.0. The average Bonchev–Trinajstić information content (AvgIpc) is 3.74. The first-order valence-corrected chi connectivity index (χ1v) is 15.6. The Morgan fingerprint density at radius 1 is 0.571 bits per heavy atom. The SMILES string of the molecule is CC(C)c1ccc(C([C@@H]2CCCN(N3CCC[C@H](C(c4ccc(C(C)C)cc4)n4ncnn4)C3)C2)n2ncnn2)cc1. The molecule has 10 nitrogen and oxygen atoms in total. The van der Waals surface area contributed by atoms with Crippen LogP contribution in [0.25, 0.3) is 0 Å². The van der Waals surface area contributed by atoms with Crippen LogP contribution in [-0.4, -0.2) is 76.6 Å². The van der Waals surface area contributed by atoms with Gasteiger partial charge in [0.25, 0.3) is 0 Å². The first-order valence-electron chi connectivity index (χ1n) is 15.6. The Kier molecular flexibility index (Phi) is 8.71. The molecule has 2 aliphatic rings. The molecule has 0 N–H and O–H groups in total. The quantitative estimate of drug-likeness (QED) is 0.275. The molecule has 6 rings (SSSR count). The number of rotatable bonds is 9. The molecule has 4 heterocycles. The Bertz CT molecular complexity index is 1260. The maximum Gasteiger partial charge on any atom is 0.162 e. The van der Waals surface area contributed by atoms with E-state index in [9.17, 15) is 0 Å². The first kappa shape index (κ1) is 28.6. The molecule has 222 valence electrons. The van der Waals surface area contributed by atoms with E-state index < -0.39 is 0 Å². The number of hydrogen-bond donors (Lipinski definition) is 0. The molecule has 42 heavy (non-hydrogen) atoms. The predicted octanol–water partition coefficient (Wildman–Crippen LogP) is 5.12. The minimum Gasteiger partial charge on any atom is -0.241 e. The predicted molar refractivity (Wildman–Crippen MR) is 162 cm³/mol. The normalized spacial score (nSPS) is 22.0. The molecule has 4 atom stereocenters. The summed E-state index contributed by atoms with van der Waals surface area (Å²) in [6, 6.07) is 18.2. The van der Waals surface area contributed by atoms with Crippen LogP contribution in [0, 0.1) is 11.8 Å². The summed E-state index contributed by atoms with van der Waals surface area (Å²) in [6.07, 6.45) is 7.67. The van der Waals surface area contributed by atoms with Gasteiger partial charge in [0.1, 0.15) is 12.1 Å². The smallest absolute Gasteiger partial charge is 0.162 e. The average molecular weight is 569 g/mol. The van der Waals surface area contributed by atoms with E-state index in [4.69, 9.17) is 0 Å². The fourth-order valence-electron chi connectivity index (χ4n) is 6.96. The van der Waals surface area contributed by atoms with Crippen LogP contribution in [0.3, 0.4) is 0 Å². The maximum absolute atomic E-state index is 4.52. The van der Waals surface area contributed by atoms with E-state index in [-0.39, 0.29) is 12.1 Å². The van der Waals surface area contributed by atoms with Crippen molar-refractivity contribution in [3.05, 3.63) is 83.4 Å². The van der Waals surface area contributed by atoms with Gasteiger partial charge in [-0.3, -0.25) is 0 Å². The lowest BCUT2D eigenvalue weighted by Crippen LogP contribution is -2.53. The van der Waals surface area contributed by atoms with Crippen molar-refractivity contribution in [2.24, 2.45) is 11.8 Å². The summed E-state index contributed by atoms with van der Waals surface area (Å²) in [5, 5.41) is 31.1. The van der Waals surface area contributed by atoms with Crippen molar-refractivity contribution < 1.29 is 0 Å². The minimum atomic E-state index is 0.0590. The molecule has 0 amide bonds. The Labute approximate surface area is 249 Å². The van der Waals surface area contributed by atoms with Gasteiger partial charge in [0, 0.05) is 38.0 Å². The van der Waals surface area contributed by atoms with E-state index in [1.807, 2.05) is 9.59 Å². The topological polar surface area (TPSA) is 93.7 Å². The van der Waals surface area contributed by atoms with Gasteiger partial charge in [0.2, 0.25) is 0 Å². The summed E-state index contributed by atoms with van der Waals surface area (Å²) in [7, 11) is 0. The third-order valence-corrected chi connectivity index (χ3v) is 9.28. The first-order chi connectivity index (χ1) is 20.5. The van der Waals surface area contributed by atoms with E-state index in [0.29, 0.717) is 23.7 Å². The number of aromatic nitrogens is 8. The van der Waals surface area contributed by atoms with E-state index in [1.165, 1.54) is 22.3 Å². The van der Waals surface area contributed by atoms with Crippen LogP contribution in [0.1, 0.15) is 99.6 Å². The fraction of sp³-hybridized carbons (Fsp3) is 0.562. The Morgan fingerprint density at radius 2 is 0.952 bits per heavy atom. The third-order valence-electron chi connectivity index (χ3n) is 9.28. The lowest BCUT2D eigenvalue weighted by atomic mass is 9.85. The summed E-state index contributed by atoms with van der Waals surface area (Å²) in [5.74, 6) is 1.77. The van der Waals surface area contributed by atoms with Gasteiger partial charge in [-0.15, -0.1) is 20.4 Å². The van der Waals surface area contributed by atoms with Gasteiger partial charge in [0.15, 0.2) is 12.7 Å². The zero-order valence-electron chi connectivity index (χ0n) is 25.4. The summed E-state index contributed by atoms with van der Waals surface area (Å²) >= 11 is 0.